The third-order valence-electron chi connectivity index (χ3n) is 7.50. The van der Waals surface area contributed by atoms with Gasteiger partial charge in [-0.15, -0.1) is 22.7 Å². The molecule has 4 rings (SSSR count). The van der Waals surface area contributed by atoms with E-state index in [2.05, 4.69) is 74.7 Å². The highest BCUT2D eigenvalue weighted by Gasteiger charge is 2.22. The summed E-state index contributed by atoms with van der Waals surface area (Å²) in [6.07, 6.45) is 13.2. The molecule has 0 saturated heterocycles. The van der Waals surface area contributed by atoms with Gasteiger partial charge in [-0.05, 0) is 52.5 Å². The maximum Gasteiger partial charge on any atom is 0.0533 e. The monoisotopic (exact) mass is 464 g/mol. The molecule has 0 spiro atoms. The van der Waals surface area contributed by atoms with Gasteiger partial charge in [0, 0.05) is 15.6 Å². The van der Waals surface area contributed by atoms with Crippen molar-refractivity contribution in [2.75, 3.05) is 0 Å². The van der Waals surface area contributed by atoms with Crippen LogP contribution in [-0.4, -0.2) is 0 Å². The molecule has 0 bridgehead atoms. The minimum Gasteiger partial charge on any atom is -0.142 e. The van der Waals surface area contributed by atoms with Crippen molar-refractivity contribution in [1.82, 2.24) is 0 Å². The summed E-state index contributed by atoms with van der Waals surface area (Å²) in [5, 5.41) is 8.27. The van der Waals surface area contributed by atoms with Crippen molar-refractivity contribution in [1.29, 1.82) is 0 Å². The summed E-state index contributed by atoms with van der Waals surface area (Å²) < 4.78 is 3.08. The molecule has 2 aromatic heterocycles. The van der Waals surface area contributed by atoms with Crippen LogP contribution in [0.4, 0.5) is 0 Å². The number of benzene rings is 2. The summed E-state index contributed by atoms with van der Waals surface area (Å²) in [4.78, 5) is 1.70. The van der Waals surface area contributed by atoms with E-state index in [4.69, 9.17) is 0 Å². The predicted molar refractivity (Wildman–Crippen MR) is 149 cm³/mol. The summed E-state index contributed by atoms with van der Waals surface area (Å²) in [5.74, 6) is 1.63. The number of unbranched alkanes of at least 4 members (excludes halogenated alkanes) is 2. The third kappa shape index (κ3) is 4.77. The molecule has 2 heterocycles. The van der Waals surface area contributed by atoms with Gasteiger partial charge in [0.25, 0.3) is 0 Å². The molecule has 2 heteroatoms. The molecule has 0 radical (unpaired) electrons. The zero-order chi connectivity index (χ0) is 22.5. The van der Waals surface area contributed by atoms with Crippen molar-refractivity contribution in [3.8, 4) is 0 Å². The van der Waals surface area contributed by atoms with Crippen LogP contribution in [0.5, 0.6) is 0 Å². The number of thiophene rings is 2. The molecule has 0 aliphatic rings. The molecular formula is C30H40S2. The summed E-state index contributed by atoms with van der Waals surface area (Å²) in [6, 6.07) is 11.5. The van der Waals surface area contributed by atoms with Gasteiger partial charge in [0.05, 0.1) is 9.40 Å². The molecule has 0 saturated carbocycles. The molecule has 0 fully saturated rings. The van der Waals surface area contributed by atoms with Crippen LogP contribution >= 0.6 is 22.7 Å². The van der Waals surface area contributed by atoms with Crippen molar-refractivity contribution in [2.45, 2.75) is 91.9 Å². The highest BCUT2D eigenvalue weighted by atomic mass is 32.1. The molecule has 172 valence electrons. The molecule has 2 atom stereocenters. The second kappa shape index (κ2) is 11.2. The molecule has 2 unspecified atom stereocenters. The lowest BCUT2D eigenvalue weighted by molar-refractivity contribution is 0.438. The number of hydrogen-bond acceptors (Lipinski definition) is 2. The zero-order valence-electron chi connectivity index (χ0n) is 20.5. The highest BCUT2D eigenvalue weighted by Crippen LogP contribution is 2.46. The summed E-state index contributed by atoms with van der Waals surface area (Å²) in [5.41, 5.74) is 1.70. The van der Waals surface area contributed by atoms with Crippen LogP contribution in [0.1, 0.15) is 89.5 Å². The molecule has 0 aliphatic carbocycles. The second-order valence-electron chi connectivity index (χ2n) is 9.66. The SMILES string of the molecule is CCCCC(CC)Cc1sc2c3sccc3c3ccccc3c2c1CC(CC)CCCC. The Bertz CT molecular complexity index is 1150. The van der Waals surface area contributed by atoms with Crippen molar-refractivity contribution in [2.24, 2.45) is 11.8 Å². The lowest BCUT2D eigenvalue weighted by atomic mass is 9.87. The summed E-state index contributed by atoms with van der Waals surface area (Å²) in [6.45, 7) is 9.46. The van der Waals surface area contributed by atoms with Crippen LogP contribution in [0.15, 0.2) is 35.7 Å². The van der Waals surface area contributed by atoms with E-state index in [0.717, 1.165) is 11.8 Å². The van der Waals surface area contributed by atoms with Gasteiger partial charge >= 0.3 is 0 Å². The van der Waals surface area contributed by atoms with Gasteiger partial charge in [0.2, 0.25) is 0 Å². The van der Waals surface area contributed by atoms with E-state index in [-0.39, 0.29) is 0 Å². The normalized spacial score (nSPS) is 14.0. The van der Waals surface area contributed by atoms with Crippen LogP contribution < -0.4 is 0 Å². The van der Waals surface area contributed by atoms with Gasteiger partial charge in [-0.2, -0.15) is 0 Å². The molecule has 0 N–H and O–H groups in total. The molecule has 2 aromatic carbocycles. The van der Waals surface area contributed by atoms with E-state index in [1.54, 1.807) is 20.5 Å². The molecule has 0 aliphatic heterocycles. The van der Waals surface area contributed by atoms with Gasteiger partial charge in [-0.25, -0.2) is 0 Å². The maximum atomic E-state index is 2.40. The number of fused-ring (bicyclic) bond motifs is 6. The van der Waals surface area contributed by atoms with Crippen LogP contribution in [-0.2, 0) is 12.8 Å². The molecule has 32 heavy (non-hydrogen) atoms. The predicted octanol–water partition coefficient (Wildman–Crippen LogP) is 10.8. The molecule has 4 aromatic rings. The topological polar surface area (TPSA) is 0 Å². The quantitative estimate of drug-likeness (QED) is 0.195. The Morgan fingerprint density at radius 1 is 0.719 bits per heavy atom. The van der Waals surface area contributed by atoms with Crippen LogP contribution in [0, 0.1) is 11.8 Å². The Kier molecular flexibility index (Phi) is 8.29. The molecule has 0 amide bonds. The van der Waals surface area contributed by atoms with E-state index in [1.807, 2.05) is 11.3 Å². The smallest absolute Gasteiger partial charge is 0.0533 e. The van der Waals surface area contributed by atoms with Gasteiger partial charge in [0.15, 0.2) is 0 Å². The summed E-state index contributed by atoms with van der Waals surface area (Å²) in [7, 11) is 0. The van der Waals surface area contributed by atoms with Gasteiger partial charge in [-0.3, -0.25) is 0 Å². The average Bonchev–Trinajstić information content (AvgIpc) is 3.44. The second-order valence-corrected chi connectivity index (χ2v) is 11.7. The molecular weight excluding hydrogens is 424 g/mol. The minimum atomic E-state index is 0.806. The fourth-order valence-corrected chi connectivity index (χ4v) is 7.94. The molecule has 0 nitrogen and oxygen atoms in total. The number of rotatable bonds is 12. The lowest BCUT2D eigenvalue weighted by Gasteiger charge is -2.18. The van der Waals surface area contributed by atoms with Crippen LogP contribution in [0.25, 0.3) is 30.9 Å². The van der Waals surface area contributed by atoms with E-state index in [9.17, 15) is 0 Å². The highest BCUT2D eigenvalue weighted by molar-refractivity contribution is 7.27. The lowest BCUT2D eigenvalue weighted by Crippen LogP contribution is -2.08. The van der Waals surface area contributed by atoms with Gasteiger partial charge in [-0.1, -0.05) is 103 Å². The van der Waals surface area contributed by atoms with Crippen molar-refractivity contribution in [3.63, 3.8) is 0 Å². The van der Waals surface area contributed by atoms with Crippen molar-refractivity contribution >= 4 is 53.6 Å². The van der Waals surface area contributed by atoms with E-state index in [1.165, 1.54) is 85.1 Å². The Morgan fingerprint density at radius 2 is 1.38 bits per heavy atom. The fourth-order valence-electron chi connectivity index (χ4n) is 5.41. The van der Waals surface area contributed by atoms with E-state index in [0.29, 0.717) is 0 Å². The standard InChI is InChI=1S/C30H40S2/c1-5-9-13-21(7-3)19-26-27(20-22(8-4)14-10-6-2)32-30-28(26)24-16-12-11-15-23(24)25-17-18-31-29(25)30/h11-12,15-18,21-22H,5-10,13-14,19-20H2,1-4H3. The average molecular weight is 465 g/mol. The van der Waals surface area contributed by atoms with Crippen LogP contribution in [0.3, 0.4) is 0 Å². The zero-order valence-corrected chi connectivity index (χ0v) is 22.1. The first kappa shape index (κ1) is 23.8. The van der Waals surface area contributed by atoms with Crippen molar-refractivity contribution < 1.29 is 0 Å². The van der Waals surface area contributed by atoms with E-state index >= 15 is 0 Å². The van der Waals surface area contributed by atoms with Crippen LogP contribution in [0.2, 0.25) is 0 Å². The van der Waals surface area contributed by atoms with E-state index < -0.39 is 0 Å². The maximum absolute atomic E-state index is 2.40. The van der Waals surface area contributed by atoms with Gasteiger partial charge < -0.3 is 0 Å². The first-order valence-corrected chi connectivity index (χ1v) is 14.7. The first-order chi connectivity index (χ1) is 15.7. The number of hydrogen-bond donors (Lipinski definition) is 0. The van der Waals surface area contributed by atoms with Crippen molar-refractivity contribution in [3.05, 3.63) is 46.2 Å². The Labute approximate surface area is 203 Å². The largest absolute Gasteiger partial charge is 0.142 e. The Hall–Kier alpha value is -1.38. The first-order valence-electron chi connectivity index (χ1n) is 13.0. The Morgan fingerprint density at radius 3 is 2.03 bits per heavy atom. The summed E-state index contributed by atoms with van der Waals surface area (Å²) >= 11 is 4.08. The Balaban J connectivity index is 1.90. The van der Waals surface area contributed by atoms with Gasteiger partial charge in [0.1, 0.15) is 0 Å². The fraction of sp³-hybridized carbons (Fsp3) is 0.533. The minimum absolute atomic E-state index is 0.806. The third-order valence-corrected chi connectivity index (χ3v) is 9.84.